The van der Waals surface area contributed by atoms with Crippen LogP contribution in [0.15, 0.2) is 66.7 Å². The Morgan fingerprint density at radius 2 is 1.31 bits per heavy atom. The van der Waals surface area contributed by atoms with Crippen LogP contribution in [-0.4, -0.2) is 50.3 Å². The molecule has 0 aliphatic carbocycles. The lowest BCUT2D eigenvalue weighted by atomic mass is 10.1. The molecule has 9 nitrogen and oxygen atoms in total. The second-order valence-electron chi connectivity index (χ2n) is 7.70. The lowest BCUT2D eigenvalue weighted by Crippen LogP contribution is -2.14. The van der Waals surface area contributed by atoms with Crippen LogP contribution in [0.4, 0.5) is 5.69 Å². The Balaban J connectivity index is 1.39. The van der Waals surface area contributed by atoms with E-state index in [1.807, 2.05) is 30.3 Å². The Kier molecular flexibility index (Phi) is 9.81. The van der Waals surface area contributed by atoms with Crippen molar-refractivity contribution < 1.29 is 33.3 Å². The van der Waals surface area contributed by atoms with Crippen LogP contribution in [0.5, 0.6) is 11.5 Å². The number of aromatic nitrogens is 1. The molecule has 188 valence electrons. The van der Waals surface area contributed by atoms with Gasteiger partial charge < -0.3 is 24.3 Å². The van der Waals surface area contributed by atoms with Crippen LogP contribution >= 0.6 is 0 Å². The standard InChI is InChI=1S/C27H28N2O7/c1-33-26(31)23-17-22(18-24(29-23)27(32)34-2)36-15-7-6-14-35-21-12-10-20(11-13-21)28-25(30)16-19-8-4-3-5-9-19/h3-5,8-13,17-18H,6-7,14-16H2,1-2H3,(H,28,30). The zero-order valence-corrected chi connectivity index (χ0v) is 20.2. The average molecular weight is 493 g/mol. The summed E-state index contributed by atoms with van der Waals surface area (Å²) >= 11 is 0. The van der Waals surface area contributed by atoms with E-state index in [-0.39, 0.29) is 17.3 Å². The molecule has 0 aliphatic rings. The van der Waals surface area contributed by atoms with Gasteiger partial charge in [0, 0.05) is 17.8 Å². The van der Waals surface area contributed by atoms with Gasteiger partial charge in [0.2, 0.25) is 5.91 Å². The SMILES string of the molecule is COC(=O)c1cc(OCCCCOc2ccc(NC(=O)Cc3ccccc3)cc2)cc(C(=O)OC)n1. The Morgan fingerprint density at radius 3 is 1.86 bits per heavy atom. The van der Waals surface area contributed by atoms with Crippen molar-refractivity contribution in [2.45, 2.75) is 19.3 Å². The van der Waals surface area contributed by atoms with Gasteiger partial charge >= 0.3 is 11.9 Å². The number of benzene rings is 2. The molecule has 2 aromatic carbocycles. The molecule has 0 saturated heterocycles. The molecule has 0 saturated carbocycles. The molecule has 0 bridgehead atoms. The van der Waals surface area contributed by atoms with Crippen LogP contribution < -0.4 is 14.8 Å². The normalized spacial score (nSPS) is 10.3. The summed E-state index contributed by atoms with van der Waals surface area (Å²) in [5, 5.41) is 2.87. The highest BCUT2D eigenvalue weighted by molar-refractivity contribution is 5.93. The molecule has 0 radical (unpaired) electrons. The van der Waals surface area contributed by atoms with Crippen molar-refractivity contribution in [1.29, 1.82) is 0 Å². The maximum atomic E-state index is 12.2. The first kappa shape index (κ1) is 26.2. The summed E-state index contributed by atoms with van der Waals surface area (Å²) in [6.07, 6.45) is 1.71. The quantitative estimate of drug-likeness (QED) is 0.297. The Bertz CT molecular complexity index is 1130. The summed E-state index contributed by atoms with van der Waals surface area (Å²) in [6.45, 7) is 0.821. The van der Waals surface area contributed by atoms with Gasteiger partial charge in [-0.15, -0.1) is 0 Å². The number of anilines is 1. The minimum Gasteiger partial charge on any atom is -0.494 e. The van der Waals surface area contributed by atoms with Crippen molar-refractivity contribution in [3.05, 3.63) is 83.7 Å². The first-order valence-electron chi connectivity index (χ1n) is 11.4. The molecule has 1 amide bonds. The lowest BCUT2D eigenvalue weighted by Gasteiger charge is -2.10. The predicted molar refractivity (Wildman–Crippen MR) is 132 cm³/mol. The van der Waals surface area contributed by atoms with Gasteiger partial charge in [-0.05, 0) is 42.7 Å². The van der Waals surface area contributed by atoms with Crippen LogP contribution in [0.1, 0.15) is 39.4 Å². The van der Waals surface area contributed by atoms with Gasteiger partial charge in [0.15, 0.2) is 11.4 Å². The third-order valence-corrected chi connectivity index (χ3v) is 5.01. The number of esters is 2. The van der Waals surface area contributed by atoms with Gasteiger partial charge in [0.05, 0.1) is 33.9 Å². The molecule has 36 heavy (non-hydrogen) atoms. The highest BCUT2D eigenvalue weighted by atomic mass is 16.5. The maximum Gasteiger partial charge on any atom is 0.356 e. The summed E-state index contributed by atoms with van der Waals surface area (Å²) in [5.41, 5.74) is 1.57. The summed E-state index contributed by atoms with van der Waals surface area (Å²) < 4.78 is 20.7. The molecule has 0 fully saturated rings. The number of nitrogens with one attached hydrogen (secondary N) is 1. The number of pyridine rings is 1. The Labute approximate surface area is 209 Å². The maximum absolute atomic E-state index is 12.2. The zero-order chi connectivity index (χ0) is 25.8. The van der Waals surface area contributed by atoms with E-state index in [9.17, 15) is 14.4 Å². The molecule has 1 N–H and O–H groups in total. The van der Waals surface area contributed by atoms with Crippen molar-refractivity contribution in [3.8, 4) is 11.5 Å². The number of unbranched alkanes of at least 4 members (excludes halogenated alkanes) is 1. The van der Waals surface area contributed by atoms with E-state index in [0.717, 1.165) is 5.56 Å². The van der Waals surface area contributed by atoms with Crippen LogP contribution in [0.25, 0.3) is 0 Å². The molecular weight excluding hydrogens is 464 g/mol. The second kappa shape index (κ2) is 13.5. The summed E-state index contributed by atoms with van der Waals surface area (Å²) in [4.78, 5) is 39.7. The number of nitrogens with zero attached hydrogens (tertiary/aromatic N) is 1. The Hall–Kier alpha value is -4.40. The first-order chi connectivity index (χ1) is 17.5. The monoisotopic (exact) mass is 492 g/mol. The Morgan fingerprint density at radius 1 is 0.750 bits per heavy atom. The second-order valence-corrected chi connectivity index (χ2v) is 7.70. The van der Waals surface area contributed by atoms with Crippen LogP contribution in [0, 0.1) is 0 Å². The van der Waals surface area contributed by atoms with Crippen molar-refractivity contribution >= 4 is 23.5 Å². The molecule has 0 unspecified atom stereocenters. The van der Waals surface area contributed by atoms with Crippen molar-refractivity contribution in [3.63, 3.8) is 0 Å². The van der Waals surface area contributed by atoms with Crippen LogP contribution in [0.2, 0.25) is 0 Å². The fraction of sp³-hybridized carbons (Fsp3) is 0.259. The van der Waals surface area contributed by atoms with Crippen LogP contribution in [0.3, 0.4) is 0 Å². The van der Waals surface area contributed by atoms with E-state index in [4.69, 9.17) is 9.47 Å². The number of hydrogen-bond acceptors (Lipinski definition) is 8. The third kappa shape index (κ3) is 8.12. The molecule has 0 aliphatic heterocycles. The van der Waals surface area contributed by atoms with E-state index in [1.165, 1.54) is 26.4 Å². The molecule has 3 aromatic rings. The minimum atomic E-state index is -0.680. The first-order valence-corrected chi connectivity index (χ1v) is 11.4. The molecule has 3 rings (SSSR count). The van der Waals surface area contributed by atoms with E-state index >= 15 is 0 Å². The van der Waals surface area contributed by atoms with Crippen LogP contribution in [-0.2, 0) is 20.7 Å². The number of carbonyl (C=O) groups excluding carboxylic acids is 3. The highest BCUT2D eigenvalue weighted by Crippen LogP contribution is 2.18. The molecule has 0 spiro atoms. The molecular formula is C27H28N2O7. The van der Waals surface area contributed by atoms with Gasteiger partial charge in [0.1, 0.15) is 11.5 Å². The highest BCUT2D eigenvalue weighted by Gasteiger charge is 2.16. The van der Waals surface area contributed by atoms with E-state index in [1.54, 1.807) is 24.3 Å². The van der Waals surface area contributed by atoms with Gasteiger partial charge in [-0.3, -0.25) is 4.79 Å². The molecule has 0 atom stereocenters. The minimum absolute atomic E-state index is 0.0431. The smallest absolute Gasteiger partial charge is 0.356 e. The topological polar surface area (TPSA) is 113 Å². The predicted octanol–water partition coefficient (Wildman–Crippen LogP) is 4.07. The van der Waals surface area contributed by atoms with Gasteiger partial charge in [-0.25, -0.2) is 14.6 Å². The summed E-state index contributed by atoms with van der Waals surface area (Å²) in [6, 6.07) is 19.6. The molecule has 1 aromatic heterocycles. The number of hydrogen-bond donors (Lipinski definition) is 1. The summed E-state index contributed by atoms with van der Waals surface area (Å²) in [7, 11) is 2.45. The number of carbonyl (C=O) groups is 3. The van der Waals surface area contributed by atoms with Crippen molar-refractivity contribution in [1.82, 2.24) is 4.98 Å². The summed E-state index contributed by atoms with van der Waals surface area (Å²) in [5.74, 6) is -0.434. The number of ether oxygens (including phenoxy) is 4. The third-order valence-electron chi connectivity index (χ3n) is 5.01. The fourth-order valence-electron chi connectivity index (χ4n) is 3.21. The van der Waals surface area contributed by atoms with E-state index in [2.05, 4.69) is 19.8 Å². The average Bonchev–Trinajstić information content (AvgIpc) is 2.90. The van der Waals surface area contributed by atoms with Gasteiger partial charge in [-0.2, -0.15) is 0 Å². The number of amides is 1. The van der Waals surface area contributed by atoms with E-state index in [0.29, 0.717) is 49.7 Å². The fourth-order valence-corrected chi connectivity index (χ4v) is 3.21. The van der Waals surface area contributed by atoms with Gasteiger partial charge in [0.25, 0.3) is 0 Å². The number of rotatable bonds is 12. The van der Waals surface area contributed by atoms with Gasteiger partial charge in [-0.1, -0.05) is 30.3 Å². The number of methoxy groups -OCH3 is 2. The molecule has 9 heteroatoms. The largest absolute Gasteiger partial charge is 0.494 e. The molecule has 1 heterocycles. The van der Waals surface area contributed by atoms with E-state index < -0.39 is 11.9 Å². The zero-order valence-electron chi connectivity index (χ0n) is 20.2. The lowest BCUT2D eigenvalue weighted by molar-refractivity contribution is -0.115. The van der Waals surface area contributed by atoms with Crippen molar-refractivity contribution in [2.75, 3.05) is 32.8 Å². The van der Waals surface area contributed by atoms with Crippen molar-refractivity contribution in [2.24, 2.45) is 0 Å².